The summed E-state index contributed by atoms with van der Waals surface area (Å²) in [5.41, 5.74) is 8.06. The van der Waals surface area contributed by atoms with E-state index in [1.54, 1.807) is 0 Å². The Labute approximate surface area is 302 Å². The van der Waals surface area contributed by atoms with Crippen LogP contribution < -0.4 is 5.73 Å². The van der Waals surface area contributed by atoms with E-state index < -0.39 is 11.9 Å². The number of carbonyl (C=O) groups is 1. The van der Waals surface area contributed by atoms with Gasteiger partial charge in [0.2, 0.25) is 0 Å². The molecule has 19 atom stereocenters. The van der Waals surface area contributed by atoms with E-state index in [0.29, 0.717) is 44.4 Å². The number of aliphatic hydroxyl groups is 1. The second-order valence-electron chi connectivity index (χ2n) is 17.6. The molecule has 1 spiro atoms. The SMILES string of the molecule is C=C1C[C@@H]2CC[C@@]34C[C@H]5O[C@H]6C(O3)[C@H]3O[C@H](CC[C@@H]3O[C@H]6[C@H]5O4)CC(=O)C[C@H]3C(C[C@H]4OC(CC[C@@H]1O2)C[C@@H](C)C4=C)O[C@H](CC(O)CN)[C@@H]3C. The summed E-state index contributed by atoms with van der Waals surface area (Å²) in [5, 5.41) is 10.5. The Morgan fingerprint density at radius 3 is 2.35 bits per heavy atom. The van der Waals surface area contributed by atoms with Gasteiger partial charge in [0.1, 0.15) is 36.3 Å². The van der Waals surface area contributed by atoms with E-state index in [1.807, 2.05) is 0 Å². The van der Waals surface area contributed by atoms with Crippen molar-refractivity contribution in [1.82, 2.24) is 0 Å². The van der Waals surface area contributed by atoms with Gasteiger partial charge in [0.05, 0.1) is 61.0 Å². The molecule has 10 heterocycles. The summed E-state index contributed by atoms with van der Waals surface area (Å²) in [6, 6.07) is 0. The molecule has 0 radical (unpaired) electrons. The lowest BCUT2D eigenvalue weighted by Crippen LogP contribution is -2.61. The van der Waals surface area contributed by atoms with Crippen LogP contribution in [0.2, 0.25) is 0 Å². The molecule has 0 amide bonds. The van der Waals surface area contributed by atoms with Gasteiger partial charge in [-0.2, -0.15) is 0 Å². The first-order chi connectivity index (χ1) is 24.6. The molecule has 4 unspecified atom stereocenters. The molecule has 3 N–H and O–H groups in total. The maximum absolute atomic E-state index is 14.0. The highest BCUT2D eigenvalue weighted by atomic mass is 16.8. The maximum Gasteiger partial charge on any atom is 0.172 e. The first-order valence-corrected chi connectivity index (χ1v) is 20.1. The van der Waals surface area contributed by atoms with Crippen LogP contribution in [0.1, 0.15) is 97.3 Å². The molecular weight excluding hydrogens is 654 g/mol. The van der Waals surface area contributed by atoms with E-state index in [-0.39, 0.29) is 110 Å². The van der Waals surface area contributed by atoms with Gasteiger partial charge in [0.25, 0.3) is 0 Å². The molecule has 10 rings (SSSR count). The van der Waals surface area contributed by atoms with Gasteiger partial charge in [-0.3, -0.25) is 4.79 Å². The summed E-state index contributed by atoms with van der Waals surface area (Å²) in [6.07, 6.45) is 6.43. The zero-order chi connectivity index (χ0) is 35.2. The van der Waals surface area contributed by atoms with E-state index in [4.69, 9.17) is 43.6 Å². The van der Waals surface area contributed by atoms with Crippen LogP contribution in [0.15, 0.2) is 24.3 Å². The third-order valence-electron chi connectivity index (χ3n) is 14.2. The summed E-state index contributed by atoms with van der Waals surface area (Å²) < 4.78 is 54.0. The third kappa shape index (κ3) is 6.53. The lowest BCUT2D eigenvalue weighted by atomic mass is 9.78. The van der Waals surface area contributed by atoms with Crippen molar-refractivity contribution in [2.75, 3.05) is 6.54 Å². The number of ether oxygens (including phenoxy) is 8. The number of fused-ring (bicyclic) bond motifs is 6. The van der Waals surface area contributed by atoms with Crippen LogP contribution in [-0.2, 0) is 42.7 Å². The average Bonchev–Trinajstić information content (AvgIpc) is 3.77. The number of rotatable bonds is 3. The van der Waals surface area contributed by atoms with E-state index in [9.17, 15) is 9.90 Å². The molecular formula is C40H59NO10. The van der Waals surface area contributed by atoms with Crippen LogP contribution in [0.3, 0.4) is 0 Å². The minimum atomic E-state index is -0.765. The quantitative estimate of drug-likeness (QED) is 0.410. The number of ketones is 1. The fourth-order valence-corrected chi connectivity index (χ4v) is 11.3. The molecule has 0 saturated carbocycles. The van der Waals surface area contributed by atoms with E-state index >= 15 is 0 Å². The van der Waals surface area contributed by atoms with Crippen LogP contribution in [-0.4, -0.2) is 115 Å². The zero-order valence-electron chi connectivity index (χ0n) is 30.4. The Morgan fingerprint density at radius 2 is 1.51 bits per heavy atom. The summed E-state index contributed by atoms with van der Waals surface area (Å²) in [5.74, 6) is -0.222. The lowest BCUT2D eigenvalue weighted by Gasteiger charge is -2.47. The predicted molar refractivity (Wildman–Crippen MR) is 185 cm³/mol. The zero-order valence-corrected chi connectivity index (χ0v) is 30.4. The Morgan fingerprint density at radius 1 is 0.765 bits per heavy atom. The van der Waals surface area contributed by atoms with Gasteiger partial charge in [0.15, 0.2) is 5.79 Å². The Bertz CT molecular complexity index is 1360. The molecule has 11 nitrogen and oxygen atoms in total. The average molecular weight is 714 g/mol. The molecule has 0 aromatic rings. The molecule has 10 aliphatic heterocycles. The first-order valence-electron chi connectivity index (χ1n) is 20.1. The lowest BCUT2D eigenvalue weighted by molar-refractivity contribution is -0.292. The highest BCUT2D eigenvalue weighted by Crippen LogP contribution is 2.54. The Kier molecular flexibility index (Phi) is 9.59. The molecule has 0 aliphatic carbocycles. The number of hydrogen-bond donors (Lipinski definition) is 2. The fourth-order valence-electron chi connectivity index (χ4n) is 11.3. The van der Waals surface area contributed by atoms with Gasteiger partial charge in [-0.1, -0.05) is 27.0 Å². The van der Waals surface area contributed by atoms with Crippen molar-refractivity contribution >= 4 is 5.78 Å². The summed E-state index contributed by atoms with van der Waals surface area (Å²) in [7, 11) is 0. The van der Waals surface area contributed by atoms with Crippen molar-refractivity contribution in [1.29, 1.82) is 0 Å². The Hall–Kier alpha value is -1.25. The maximum atomic E-state index is 14.0. The van der Waals surface area contributed by atoms with Gasteiger partial charge in [-0.15, -0.1) is 0 Å². The van der Waals surface area contributed by atoms with Crippen molar-refractivity contribution in [3.8, 4) is 0 Å². The number of nitrogens with two attached hydrogens (primary N) is 1. The monoisotopic (exact) mass is 713 g/mol. The minimum Gasteiger partial charge on any atom is -0.392 e. The molecule has 284 valence electrons. The molecule has 10 fully saturated rings. The molecule has 10 aliphatic rings. The third-order valence-corrected chi connectivity index (χ3v) is 14.2. The summed E-state index contributed by atoms with van der Waals surface area (Å²) in [6.45, 7) is 13.5. The molecule has 11 heteroatoms. The van der Waals surface area contributed by atoms with Crippen LogP contribution >= 0.6 is 0 Å². The molecule has 10 saturated heterocycles. The van der Waals surface area contributed by atoms with Crippen LogP contribution in [0.25, 0.3) is 0 Å². The molecule has 51 heavy (non-hydrogen) atoms. The van der Waals surface area contributed by atoms with E-state index in [1.165, 1.54) is 0 Å². The largest absolute Gasteiger partial charge is 0.392 e. The second-order valence-corrected chi connectivity index (χ2v) is 17.6. The van der Waals surface area contributed by atoms with Crippen molar-refractivity contribution in [3.63, 3.8) is 0 Å². The van der Waals surface area contributed by atoms with E-state index in [0.717, 1.165) is 56.1 Å². The molecule has 12 bridgehead atoms. The van der Waals surface area contributed by atoms with Crippen molar-refractivity contribution in [3.05, 3.63) is 24.3 Å². The number of carbonyl (C=O) groups excluding carboxylic acids is 1. The standard InChI is InChI=1S/C40H59NO10/c1-19-11-25-5-7-29-20(2)12-27(44-29)9-10-40-17-34-36(50-40)37-38(49-34)39(51-40)35-30(48-37)8-6-26(46-35)13-23(42)14-28-22(4)31(15-24(43)18-41)47-33(28)16-32(45-25)21(19)3/h19,22,24-39,43H,2-3,5-18,41H2,1,4H3/t19-,22-,24?,25?,26-,27+,28-,29+,30+,31-,32-,33?,34-,35+,36+,37+,38-,39?,40+/m1/s1. The van der Waals surface area contributed by atoms with Gasteiger partial charge in [-0.05, 0) is 73.8 Å². The van der Waals surface area contributed by atoms with E-state index in [2.05, 4.69) is 27.0 Å². The smallest absolute Gasteiger partial charge is 0.172 e. The topological polar surface area (TPSA) is 137 Å². The summed E-state index contributed by atoms with van der Waals surface area (Å²) >= 11 is 0. The number of Topliss-reactive ketones (excluding diaryl/α,β-unsaturated/α-hetero) is 1. The molecule has 0 aromatic carbocycles. The van der Waals surface area contributed by atoms with Gasteiger partial charge in [-0.25, -0.2) is 0 Å². The van der Waals surface area contributed by atoms with Crippen LogP contribution in [0.5, 0.6) is 0 Å². The summed E-state index contributed by atoms with van der Waals surface area (Å²) in [4.78, 5) is 14.0. The Balaban J connectivity index is 0.986. The van der Waals surface area contributed by atoms with Gasteiger partial charge in [0, 0.05) is 45.1 Å². The highest BCUT2D eigenvalue weighted by molar-refractivity contribution is 5.79. The number of aliphatic hydroxyl groups excluding tert-OH is 1. The van der Waals surface area contributed by atoms with Crippen molar-refractivity contribution in [2.45, 2.75) is 195 Å². The predicted octanol–water partition coefficient (Wildman–Crippen LogP) is 4.06. The van der Waals surface area contributed by atoms with Gasteiger partial charge >= 0.3 is 0 Å². The fraction of sp³-hybridized carbons (Fsp3) is 0.875. The normalized spacial score (nSPS) is 53.2. The van der Waals surface area contributed by atoms with Crippen molar-refractivity contribution in [2.24, 2.45) is 23.5 Å². The number of hydrogen-bond acceptors (Lipinski definition) is 11. The van der Waals surface area contributed by atoms with Crippen LogP contribution in [0, 0.1) is 17.8 Å². The minimum absolute atomic E-state index is 0.00127. The van der Waals surface area contributed by atoms with Crippen LogP contribution in [0.4, 0.5) is 0 Å². The van der Waals surface area contributed by atoms with Crippen molar-refractivity contribution < 1.29 is 47.8 Å². The first kappa shape index (κ1) is 35.5. The highest BCUT2D eigenvalue weighted by Gasteiger charge is 2.68. The van der Waals surface area contributed by atoms with Gasteiger partial charge < -0.3 is 48.7 Å². The molecule has 0 aromatic heterocycles. The second kappa shape index (κ2) is 13.8.